The van der Waals surface area contributed by atoms with Gasteiger partial charge in [0.2, 0.25) is 17.6 Å². The van der Waals surface area contributed by atoms with E-state index in [1.165, 1.54) is 0 Å². The number of halogens is 3. The number of piperidine rings is 1. The highest BCUT2D eigenvalue weighted by molar-refractivity contribution is 5.85. The number of hydrogen-bond acceptors (Lipinski definition) is 9. The number of carboxylic acids is 1. The first-order valence-electron chi connectivity index (χ1n) is 16.9. The summed E-state index contributed by atoms with van der Waals surface area (Å²) in [7, 11) is 0. The van der Waals surface area contributed by atoms with Crippen molar-refractivity contribution in [3.05, 3.63) is 47.3 Å². The highest BCUT2D eigenvalue weighted by Crippen LogP contribution is 2.34. The summed E-state index contributed by atoms with van der Waals surface area (Å²) < 4.78 is 41.9. The summed E-state index contributed by atoms with van der Waals surface area (Å²) in [5.74, 6) is -1.99. The first kappa shape index (κ1) is 37.4. The molecule has 15 heteroatoms. The first-order chi connectivity index (χ1) is 23.4. The summed E-state index contributed by atoms with van der Waals surface area (Å²) in [6.07, 6.45) is 1.95. The van der Waals surface area contributed by atoms with Crippen LogP contribution in [0.15, 0.2) is 30.3 Å². The molecule has 2 amide bonds. The topological polar surface area (TPSA) is 178 Å². The minimum atomic E-state index is -4.76. The number of benzene rings is 1. The van der Waals surface area contributed by atoms with Crippen LogP contribution in [0.25, 0.3) is 0 Å². The van der Waals surface area contributed by atoms with Gasteiger partial charge in [-0.1, -0.05) is 12.1 Å². The molecule has 0 spiro atoms. The number of alkyl halides is 3. The Bertz CT molecular complexity index is 1460. The van der Waals surface area contributed by atoms with Crippen molar-refractivity contribution in [2.24, 2.45) is 11.7 Å². The van der Waals surface area contributed by atoms with Crippen molar-refractivity contribution in [3.8, 4) is 6.07 Å². The van der Waals surface area contributed by atoms with Gasteiger partial charge in [0, 0.05) is 45.2 Å². The van der Waals surface area contributed by atoms with Gasteiger partial charge in [-0.3, -0.25) is 14.4 Å². The average Bonchev–Trinajstić information content (AvgIpc) is 3.58. The summed E-state index contributed by atoms with van der Waals surface area (Å²) >= 11 is 0. The molecule has 0 radical (unpaired) electrons. The molecule has 0 bridgehead atoms. The van der Waals surface area contributed by atoms with Gasteiger partial charge in [-0.15, -0.1) is 0 Å². The maximum Gasteiger partial charge on any atom is 0.451 e. The highest BCUT2D eigenvalue weighted by atomic mass is 19.4. The molecule has 12 nitrogen and oxygen atoms in total. The Balaban J connectivity index is 1.27. The van der Waals surface area contributed by atoms with E-state index in [4.69, 9.17) is 16.1 Å². The average molecular weight is 687 g/mol. The molecule has 2 aromatic rings. The molecule has 1 aromatic carbocycles. The predicted molar refractivity (Wildman–Crippen MR) is 177 cm³/mol. The summed E-state index contributed by atoms with van der Waals surface area (Å²) in [5.41, 5.74) is 6.98. The van der Waals surface area contributed by atoms with Crippen LogP contribution in [0.4, 0.5) is 24.8 Å². The second-order valence-electron chi connectivity index (χ2n) is 12.7. The van der Waals surface area contributed by atoms with Crippen LogP contribution >= 0.6 is 0 Å². The molecule has 4 rings (SSSR count). The Morgan fingerprint density at radius 3 is 2.39 bits per heavy atom. The van der Waals surface area contributed by atoms with E-state index in [1.807, 2.05) is 17.0 Å². The summed E-state index contributed by atoms with van der Waals surface area (Å²) in [4.78, 5) is 47.3. The third kappa shape index (κ3) is 11.3. The fourth-order valence-electron chi connectivity index (χ4n) is 6.30. The Labute approximate surface area is 284 Å². The molecule has 3 heterocycles. The van der Waals surface area contributed by atoms with Gasteiger partial charge in [-0.2, -0.15) is 18.4 Å². The molecular formula is C34H45F3N8O4. The number of aromatic nitrogens is 2. The van der Waals surface area contributed by atoms with Gasteiger partial charge >= 0.3 is 12.1 Å². The molecule has 5 N–H and O–H groups in total. The zero-order valence-electron chi connectivity index (χ0n) is 27.6. The van der Waals surface area contributed by atoms with E-state index in [-0.39, 0.29) is 23.5 Å². The van der Waals surface area contributed by atoms with E-state index in [9.17, 15) is 27.6 Å². The lowest BCUT2D eigenvalue weighted by Gasteiger charge is -2.34. The van der Waals surface area contributed by atoms with Crippen LogP contribution in [-0.4, -0.2) is 77.7 Å². The molecule has 2 aliphatic rings. The van der Waals surface area contributed by atoms with E-state index in [2.05, 4.69) is 26.7 Å². The number of rotatable bonds is 16. The monoisotopic (exact) mass is 686 g/mol. The summed E-state index contributed by atoms with van der Waals surface area (Å²) in [6, 6.07) is 9.15. The number of carbonyl (C=O) groups is 3. The van der Waals surface area contributed by atoms with Gasteiger partial charge in [0.1, 0.15) is 23.7 Å². The van der Waals surface area contributed by atoms with Crippen LogP contribution in [0.3, 0.4) is 0 Å². The molecule has 1 aromatic heterocycles. The highest BCUT2D eigenvalue weighted by Gasteiger charge is 2.39. The number of aliphatic carboxylic acids is 1. The molecule has 0 aliphatic carbocycles. The number of amides is 2. The zero-order chi connectivity index (χ0) is 35.4. The quantitative estimate of drug-likeness (QED) is 0.190. The number of anilines is 2. The Hall–Kier alpha value is -4.45. The lowest BCUT2D eigenvalue weighted by Crippen LogP contribution is -2.44. The van der Waals surface area contributed by atoms with Crippen LogP contribution in [0.5, 0.6) is 0 Å². The van der Waals surface area contributed by atoms with Crippen molar-refractivity contribution < 1.29 is 32.7 Å². The van der Waals surface area contributed by atoms with Crippen molar-refractivity contribution in [1.82, 2.24) is 20.6 Å². The van der Waals surface area contributed by atoms with Crippen molar-refractivity contribution in [2.45, 2.75) is 88.9 Å². The number of nitriles is 1. The van der Waals surface area contributed by atoms with E-state index in [1.54, 1.807) is 23.1 Å². The maximum atomic E-state index is 14.0. The smallest absolute Gasteiger partial charge is 0.451 e. The van der Waals surface area contributed by atoms with Crippen LogP contribution < -0.4 is 26.2 Å². The van der Waals surface area contributed by atoms with Crippen molar-refractivity contribution in [2.75, 3.05) is 42.5 Å². The second-order valence-corrected chi connectivity index (χ2v) is 12.7. The van der Waals surface area contributed by atoms with Gasteiger partial charge in [-0.25, -0.2) is 9.97 Å². The normalized spacial score (nSPS) is 17.4. The molecule has 2 fully saturated rings. The van der Waals surface area contributed by atoms with Crippen molar-refractivity contribution >= 4 is 29.4 Å². The maximum absolute atomic E-state index is 14.0. The van der Waals surface area contributed by atoms with Crippen LogP contribution in [0, 0.1) is 17.2 Å². The molecule has 2 aliphatic heterocycles. The first-order valence-corrected chi connectivity index (χ1v) is 16.9. The number of nitrogens with two attached hydrogens (primary N) is 1. The number of unbranched alkanes of at least 4 members (excludes halogenated alkanes) is 1. The number of carboxylic acid groups (broad SMARTS) is 1. The Morgan fingerprint density at radius 1 is 1.00 bits per heavy atom. The van der Waals surface area contributed by atoms with Gasteiger partial charge in [0.15, 0.2) is 0 Å². The largest absolute Gasteiger partial charge is 0.480 e. The Morgan fingerprint density at radius 2 is 1.71 bits per heavy atom. The second kappa shape index (κ2) is 17.8. The molecule has 2 atom stereocenters. The fraction of sp³-hybridized carbons (Fsp3) is 0.588. The van der Waals surface area contributed by atoms with Gasteiger partial charge < -0.3 is 31.3 Å². The van der Waals surface area contributed by atoms with Crippen LogP contribution in [-0.2, 0) is 27.0 Å². The Kier molecular flexibility index (Phi) is 13.6. The minimum absolute atomic E-state index is 0.0617. The van der Waals surface area contributed by atoms with Crippen molar-refractivity contribution in [1.29, 1.82) is 5.26 Å². The van der Waals surface area contributed by atoms with Gasteiger partial charge in [0.25, 0.3) is 0 Å². The molecule has 2 unspecified atom stereocenters. The molecule has 266 valence electrons. The third-order valence-corrected chi connectivity index (χ3v) is 9.13. The van der Waals surface area contributed by atoms with E-state index in [0.717, 1.165) is 24.8 Å². The summed E-state index contributed by atoms with van der Waals surface area (Å²) in [5, 5.41) is 23.5. The SMILES string of the molecule is N#Cc1ccc(CCNC(=O)C2CCCN2c2cc(N3CCC(CCCC(=O)NCCCCC(N)C(=O)O)CC3)nc(C(F)(F)F)n2)cc1. The lowest BCUT2D eigenvalue weighted by atomic mass is 9.91. The van der Waals surface area contributed by atoms with Crippen molar-refractivity contribution in [3.63, 3.8) is 0 Å². The molecule has 0 saturated carbocycles. The van der Waals surface area contributed by atoms with E-state index < -0.39 is 30.1 Å². The minimum Gasteiger partial charge on any atom is -0.480 e. The predicted octanol–water partition coefficient (Wildman–Crippen LogP) is 3.78. The van der Waals surface area contributed by atoms with Crippen LogP contribution in [0.2, 0.25) is 0 Å². The standard InChI is InChI=1S/C34H45F3N8O4/c35-34(36,37)33-42-28(44-19-14-23(15-20-44)5-3-8-30(46)40-16-2-1-6-26(39)32(48)49)21-29(43-33)45-18-4-7-27(45)31(47)41-17-13-24-9-11-25(22-38)12-10-24/h9-12,21,23,26-27H,1-8,13-20,39H2,(H,40,46)(H,41,47)(H,48,49). The van der Waals surface area contributed by atoms with Gasteiger partial charge in [-0.05, 0) is 87.8 Å². The van der Waals surface area contributed by atoms with Gasteiger partial charge in [0.05, 0.1) is 11.6 Å². The zero-order valence-corrected chi connectivity index (χ0v) is 27.6. The third-order valence-electron chi connectivity index (χ3n) is 9.13. The van der Waals surface area contributed by atoms with Crippen LogP contribution in [0.1, 0.15) is 81.2 Å². The molecule has 2 saturated heterocycles. The van der Waals surface area contributed by atoms with E-state index in [0.29, 0.717) is 95.6 Å². The summed E-state index contributed by atoms with van der Waals surface area (Å²) in [6.45, 7) is 2.25. The number of carbonyl (C=O) groups excluding carboxylic acids is 2. The van der Waals surface area contributed by atoms with E-state index >= 15 is 0 Å². The number of hydrogen-bond donors (Lipinski definition) is 4. The lowest BCUT2D eigenvalue weighted by molar-refractivity contribution is -0.145. The fourth-order valence-corrected chi connectivity index (χ4v) is 6.30. The number of nitrogens with zero attached hydrogens (tertiary/aromatic N) is 5. The molecular weight excluding hydrogens is 641 g/mol. The number of nitrogens with one attached hydrogen (secondary N) is 2. The molecule has 49 heavy (non-hydrogen) atoms.